The van der Waals surface area contributed by atoms with Gasteiger partial charge >= 0.3 is 0 Å². The van der Waals surface area contributed by atoms with E-state index >= 15 is 0 Å². The van der Waals surface area contributed by atoms with Crippen molar-refractivity contribution < 1.29 is 18.7 Å². The lowest BCUT2D eigenvalue weighted by Gasteiger charge is -2.46. The molecule has 1 fully saturated rings. The van der Waals surface area contributed by atoms with Crippen molar-refractivity contribution in [1.82, 2.24) is 35.0 Å². The molecular weight excluding hydrogens is 417 g/mol. The lowest BCUT2D eigenvalue weighted by Crippen LogP contribution is -2.62. The second-order valence-electron chi connectivity index (χ2n) is 7.94. The van der Waals surface area contributed by atoms with Crippen molar-refractivity contribution in [1.29, 1.82) is 0 Å². The van der Waals surface area contributed by atoms with Crippen LogP contribution in [0.15, 0.2) is 42.5 Å². The number of carbonyl (C=O) groups is 2. The summed E-state index contributed by atoms with van der Waals surface area (Å²) in [6.07, 6.45) is 0. The monoisotopic (exact) mass is 439 g/mol. The van der Waals surface area contributed by atoms with Crippen LogP contribution in [0.2, 0.25) is 0 Å². The zero-order chi connectivity index (χ0) is 22.9. The fourth-order valence-corrected chi connectivity index (χ4v) is 3.62. The van der Waals surface area contributed by atoms with E-state index in [1.165, 1.54) is 36.2 Å². The van der Waals surface area contributed by atoms with Gasteiger partial charge in [-0.1, -0.05) is 6.07 Å². The van der Waals surface area contributed by atoms with E-state index in [2.05, 4.69) is 20.4 Å². The molecule has 1 aromatic carbocycles. The average molecular weight is 439 g/mol. The predicted molar refractivity (Wildman–Crippen MR) is 111 cm³/mol. The number of nitrogens with zero attached hydrogens (tertiary/aromatic N) is 7. The number of benzene rings is 1. The minimum atomic E-state index is -0.675. The van der Waals surface area contributed by atoms with E-state index in [0.717, 1.165) is 0 Å². The van der Waals surface area contributed by atoms with Crippen LogP contribution in [0.5, 0.6) is 5.88 Å². The van der Waals surface area contributed by atoms with E-state index in [1.54, 1.807) is 28.0 Å². The van der Waals surface area contributed by atoms with Crippen LogP contribution in [-0.2, 0) is 0 Å². The number of rotatable bonds is 4. The lowest BCUT2D eigenvalue weighted by molar-refractivity contribution is 0.0158. The molecule has 1 saturated heterocycles. The zero-order valence-corrected chi connectivity index (χ0v) is 17.9. The Kier molecular flexibility index (Phi) is 5.56. The second kappa shape index (κ2) is 8.33. The Labute approximate surface area is 183 Å². The van der Waals surface area contributed by atoms with E-state index in [9.17, 15) is 14.0 Å². The molecule has 11 heteroatoms. The highest BCUT2D eigenvalue weighted by molar-refractivity contribution is 5.94. The van der Waals surface area contributed by atoms with E-state index in [-0.39, 0.29) is 23.2 Å². The summed E-state index contributed by atoms with van der Waals surface area (Å²) in [5, 5.41) is 11.9. The van der Waals surface area contributed by atoms with Crippen LogP contribution in [0.3, 0.4) is 0 Å². The van der Waals surface area contributed by atoms with Crippen LogP contribution >= 0.6 is 0 Å². The third-order valence-electron chi connectivity index (χ3n) is 5.25. The number of tetrazole rings is 1. The Bertz CT molecular complexity index is 1150. The summed E-state index contributed by atoms with van der Waals surface area (Å²) >= 11 is 0. The van der Waals surface area contributed by atoms with E-state index in [4.69, 9.17) is 4.74 Å². The maximum Gasteiger partial charge on any atom is 0.296 e. The molecule has 3 aromatic rings. The number of halogens is 1. The van der Waals surface area contributed by atoms with Crippen molar-refractivity contribution in [3.8, 4) is 11.6 Å². The van der Waals surface area contributed by atoms with Gasteiger partial charge in [0, 0.05) is 25.7 Å². The van der Waals surface area contributed by atoms with Crippen LogP contribution in [0.1, 0.15) is 35.0 Å². The van der Waals surface area contributed by atoms with Crippen LogP contribution in [0.25, 0.3) is 5.69 Å². The van der Waals surface area contributed by atoms with Gasteiger partial charge in [0.1, 0.15) is 11.5 Å². The standard InChI is InChI=1S/C21H22FN7O3/c1-21(2)13-27(19(30)16-5-4-6-17(23-16)32-3)11-12-28(21)20(31)18-24-26-29(25-18)15-9-7-14(22)8-10-15/h4-10H,11-13H2,1-3H3. The Hall–Kier alpha value is -3.89. The molecule has 0 spiro atoms. The third kappa shape index (κ3) is 4.13. The van der Waals surface area contributed by atoms with E-state index < -0.39 is 11.4 Å². The number of hydrogen-bond acceptors (Lipinski definition) is 7. The Morgan fingerprint density at radius 3 is 2.50 bits per heavy atom. The molecule has 0 N–H and O–H groups in total. The molecule has 1 aliphatic heterocycles. The van der Waals surface area contributed by atoms with Gasteiger partial charge in [0.15, 0.2) is 0 Å². The minimum Gasteiger partial charge on any atom is -0.481 e. The minimum absolute atomic E-state index is 0.0726. The normalized spacial score (nSPS) is 15.5. The second-order valence-corrected chi connectivity index (χ2v) is 7.94. The molecular formula is C21H22FN7O3. The predicted octanol–water partition coefficient (Wildman–Crippen LogP) is 1.58. The summed E-state index contributed by atoms with van der Waals surface area (Å²) in [5.74, 6) is -0.723. The molecule has 0 radical (unpaired) electrons. The van der Waals surface area contributed by atoms with Gasteiger partial charge < -0.3 is 14.5 Å². The number of methoxy groups -OCH3 is 1. The Morgan fingerprint density at radius 2 is 1.81 bits per heavy atom. The molecule has 2 amide bonds. The quantitative estimate of drug-likeness (QED) is 0.608. The summed E-state index contributed by atoms with van der Waals surface area (Å²) in [4.78, 5) is 34.7. The van der Waals surface area contributed by atoms with Gasteiger partial charge in [-0.3, -0.25) is 9.59 Å². The van der Waals surface area contributed by atoms with Crippen LogP contribution < -0.4 is 4.74 Å². The molecule has 10 nitrogen and oxygen atoms in total. The van der Waals surface area contributed by atoms with Gasteiger partial charge in [0.2, 0.25) is 5.88 Å². The Morgan fingerprint density at radius 1 is 1.06 bits per heavy atom. The number of carbonyl (C=O) groups excluding carboxylic acids is 2. The third-order valence-corrected chi connectivity index (χ3v) is 5.25. The maximum absolute atomic E-state index is 13.1. The largest absolute Gasteiger partial charge is 0.481 e. The highest BCUT2D eigenvalue weighted by Crippen LogP contribution is 2.24. The summed E-state index contributed by atoms with van der Waals surface area (Å²) < 4.78 is 18.2. The van der Waals surface area contributed by atoms with Gasteiger partial charge in [-0.25, -0.2) is 9.37 Å². The zero-order valence-electron chi connectivity index (χ0n) is 17.9. The number of aromatic nitrogens is 5. The van der Waals surface area contributed by atoms with E-state index in [1.807, 2.05) is 13.8 Å². The van der Waals surface area contributed by atoms with E-state index in [0.29, 0.717) is 31.2 Å². The van der Waals surface area contributed by atoms with Crippen LogP contribution in [-0.4, -0.2) is 79.1 Å². The van der Waals surface area contributed by atoms with Crippen molar-refractivity contribution in [3.63, 3.8) is 0 Å². The molecule has 0 saturated carbocycles. The first-order valence-corrected chi connectivity index (χ1v) is 9.97. The lowest BCUT2D eigenvalue weighted by atomic mass is 9.98. The Balaban J connectivity index is 1.48. The molecule has 166 valence electrons. The molecule has 0 unspecified atom stereocenters. The number of piperazine rings is 1. The fraction of sp³-hybridized carbons (Fsp3) is 0.333. The molecule has 0 atom stereocenters. The highest BCUT2D eigenvalue weighted by atomic mass is 19.1. The molecule has 3 heterocycles. The summed E-state index contributed by atoms with van der Waals surface area (Å²) in [6, 6.07) is 10.5. The molecule has 32 heavy (non-hydrogen) atoms. The number of ether oxygens (including phenoxy) is 1. The molecule has 2 aromatic heterocycles. The maximum atomic E-state index is 13.1. The summed E-state index contributed by atoms with van der Waals surface area (Å²) in [7, 11) is 1.49. The van der Waals surface area contributed by atoms with Crippen molar-refractivity contribution in [2.45, 2.75) is 19.4 Å². The molecule has 0 bridgehead atoms. The first-order chi connectivity index (χ1) is 15.3. The van der Waals surface area contributed by atoms with Gasteiger partial charge in [-0.05, 0) is 49.4 Å². The first-order valence-electron chi connectivity index (χ1n) is 9.97. The molecule has 4 rings (SSSR count). The molecule has 1 aliphatic rings. The number of amides is 2. The van der Waals surface area contributed by atoms with Crippen molar-refractivity contribution >= 4 is 11.8 Å². The summed E-state index contributed by atoms with van der Waals surface area (Å²) in [6.45, 7) is 4.68. The highest BCUT2D eigenvalue weighted by Gasteiger charge is 2.40. The first kappa shape index (κ1) is 21.3. The van der Waals surface area contributed by atoms with Gasteiger partial charge in [0.25, 0.3) is 17.6 Å². The van der Waals surface area contributed by atoms with Crippen LogP contribution in [0.4, 0.5) is 4.39 Å². The topological polar surface area (TPSA) is 106 Å². The number of hydrogen-bond donors (Lipinski definition) is 0. The number of pyridine rings is 1. The van der Waals surface area contributed by atoms with Gasteiger partial charge in [-0.2, -0.15) is 0 Å². The molecule has 0 aliphatic carbocycles. The fourth-order valence-electron chi connectivity index (χ4n) is 3.62. The van der Waals surface area contributed by atoms with Gasteiger partial charge in [-0.15, -0.1) is 15.0 Å². The van der Waals surface area contributed by atoms with Gasteiger partial charge in [0.05, 0.1) is 18.3 Å². The van der Waals surface area contributed by atoms with Crippen molar-refractivity contribution in [3.05, 3.63) is 59.8 Å². The average Bonchev–Trinajstić information content (AvgIpc) is 3.28. The van der Waals surface area contributed by atoms with Crippen LogP contribution in [0, 0.1) is 5.82 Å². The van der Waals surface area contributed by atoms with Crippen molar-refractivity contribution in [2.75, 3.05) is 26.7 Å². The smallest absolute Gasteiger partial charge is 0.296 e. The van der Waals surface area contributed by atoms with Crippen molar-refractivity contribution in [2.24, 2.45) is 0 Å². The summed E-state index contributed by atoms with van der Waals surface area (Å²) in [5.41, 5.74) is 0.0906. The SMILES string of the molecule is COc1cccc(C(=O)N2CCN(C(=O)c3nnn(-c4ccc(F)cc4)n3)C(C)(C)C2)n1.